The van der Waals surface area contributed by atoms with Crippen LogP contribution in [0.15, 0.2) is 24.3 Å². The predicted molar refractivity (Wildman–Crippen MR) is 61.4 cm³/mol. The van der Waals surface area contributed by atoms with Crippen molar-refractivity contribution in [1.82, 2.24) is 20.5 Å². The smallest absolute Gasteiger partial charge is 0.130 e. The molecule has 1 fully saturated rings. The van der Waals surface area contributed by atoms with Crippen molar-refractivity contribution < 1.29 is 5.21 Å². The van der Waals surface area contributed by atoms with Crippen molar-refractivity contribution in [2.24, 2.45) is 0 Å². The molecule has 3 rings (SSSR count). The van der Waals surface area contributed by atoms with E-state index in [-0.39, 0.29) is 0 Å². The lowest BCUT2D eigenvalue weighted by Gasteiger charge is -2.08. The van der Waals surface area contributed by atoms with Gasteiger partial charge in [-0.15, -0.1) is 5.10 Å². The second-order valence-corrected chi connectivity index (χ2v) is 3.78. The third kappa shape index (κ3) is 2.70. The van der Waals surface area contributed by atoms with E-state index in [0.717, 1.165) is 4.85 Å². The van der Waals surface area contributed by atoms with Gasteiger partial charge in [0.25, 0.3) is 0 Å². The van der Waals surface area contributed by atoms with Gasteiger partial charge in [0, 0.05) is 0 Å². The molecule has 1 aliphatic rings. The first-order valence-corrected chi connectivity index (χ1v) is 5.58. The SMILES string of the molecule is C1CCNCC1.On1nnc2ccccc21. The first-order valence-electron chi connectivity index (χ1n) is 5.58. The largest absolute Gasteiger partial charge is 0.410 e. The van der Waals surface area contributed by atoms with Crippen LogP contribution in [-0.4, -0.2) is 33.5 Å². The Morgan fingerprint density at radius 1 is 1.12 bits per heavy atom. The van der Waals surface area contributed by atoms with Crippen molar-refractivity contribution in [3.63, 3.8) is 0 Å². The van der Waals surface area contributed by atoms with Crippen LogP contribution in [0.1, 0.15) is 19.3 Å². The molecule has 1 aromatic heterocycles. The number of nitrogens with one attached hydrogen (secondary N) is 1. The zero-order chi connectivity index (χ0) is 11.2. The molecule has 86 valence electrons. The summed E-state index contributed by atoms with van der Waals surface area (Å²) < 4.78 is 0. The molecule has 0 unspecified atom stereocenters. The third-order valence-electron chi connectivity index (χ3n) is 2.54. The number of piperidine rings is 1. The molecule has 2 N–H and O–H groups in total. The quantitative estimate of drug-likeness (QED) is 0.659. The maximum Gasteiger partial charge on any atom is 0.130 e. The minimum absolute atomic E-state index is 0.627. The highest BCUT2D eigenvalue weighted by Crippen LogP contribution is 2.06. The van der Waals surface area contributed by atoms with Gasteiger partial charge in [0.05, 0.1) is 0 Å². The van der Waals surface area contributed by atoms with Crippen molar-refractivity contribution >= 4 is 11.0 Å². The number of hydrogen-bond donors (Lipinski definition) is 2. The number of para-hydroxylation sites is 1. The molecule has 0 aliphatic carbocycles. The summed E-state index contributed by atoms with van der Waals surface area (Å²) in [4.78, 5) is 0.759. The van der Waals surface area contributed by atoms with Gasteiger partial charge in [-0.25, -0.2) is 0 Å². The van der Waals surface area contributed by atoms with Crippen LogP contribution in [0.5, 0.6) is 0 Å². The van der Waals surface area contributed by atoms with Crippen LogP contribution in [0.25, 0.3) is 11.0 Å². The maximum atomic E-state index is 8.95. The fraction of sp³-hybridized carbons (Fsp3) is 0.455. The minimum Gasteiger partial charge on any atom is -0.410 e. The van der Waals surface area contributed by atoms with E-state index in [0.29, 0.717) is 11.0 Å². The molecule has 1 aromatic carbocycles. The molecule has 1 aliphatic heterocycles. The van der Waals surface area contributed by atoms with E-state index in [9.17, 15) is 0 Å². The number of rotatable bonds is 0. The van der Waals surface area contributed by atoms with Gasteiger partial charge >= 0.3 is 0 Å². The van der Waals surface area contributed by atoms with Crippen LogP contribution in [0.4, 0.5) is 0 Å². The van der Waals surface area contributed by atoms with E-state index in [1.807, 2.05) is 12.1 Å². The van der Waals surface area contributed by atoms with Gasteiger partial charge in [0.15, 0.2) is 0 Å². The van der Waals surface area contributed by atoms with Crippen molar-refractivity contribution in [3.05, 3.63) is 24.3 Å². The lowest BCUT2D eigenvalue weighted by molar-refractivity contribution is 0.155. The van der Waals surface area contributed by atoms with Gasteiger partial charge in [0.2, 0.25) is 0 Å². The molecule has 16 heavy (non-hydrogen) atoms. The predicted octanol–water partition coefficient (Wildman–Crippen LogP) is 1.43. The standard InChI is InChI=1S/C6H5N3O.C5H11N/c10-9-6-4-2-1-3-5(6)7-8-9;1-2-4-6-5-3-1/h1-4,10H;6H,1-5H2. The number of nitrogens with zero attached hydrogens (tertiary/aromatic N) is 3. The van der Waals surface area contributed by atoms with Gasteiger partial charge in [0.1, 0.15) is 11.0 Å². The van der Waals surface area contributed by atoms with E-state index >= 15 is 0 Å². The topological polar surface area (TPSA) is 63.0 Å². The minimum atomic E-state index is 0.627. The van der Waals surface area contributed by atoms with Crippen LogP contribution < -0.4 is 5.32 Å². The highest BCUT2D eigenvalue weighted by molar-refractivity contribution is 5.73. The average Bonchev–Trinajstić information content (AvgIpc) is 2.75. The average molecular weight is 220 g/mol. The molecule has 0 bridgehead atoms. The van der Waals surface area contributed by atoms with E-state index < -0.39 is 0 Å². The first-order chi connectivity index (χ1) is 7.88. The Hall–Kier alpha value is -1.62. The van der Waals surface area contributed by atoms with Crippen LogP contribution in [-0.2, 0) is 0 Å². The van der Waals surface area contributed by atoms with Gasteiger partial charge in [-0.2, -0.15) is 0 Å². The number of fused-ring (bicyclic) bond motifs is 1. The van der Waals surface area contributed by atoms with E-state index in [1.54, 1.807) is 12.1 Å². The van der Waals surface area contributed by atoms with Crippen LogP contribution >= 0.6 is 0 Å². The van der Waals surface area contributed by atoms with Gasteiger partial charge in [-0.1, -0.05) is 23.4 Å². The number of hydrogen-bond acceptors (Lipinski definition) is 4. The molecular formula is C11H16N4O. The Kier molecular flexibility index (Phi) is 3.71. The fourth-order valence-corrected chi connectivity index (χ4v) is 1.66. The number of benzene rings is 1. The van der Waals surface area contributed by atoms with E-state index in [1.165, 1.54) is 32.4 Å². The van der Waals surface area contributed by atoms with E-state index in [2.05, 4.69) is 15.6 Å². The Balaban J connectivity index is 0.000000138. The Labute approximate surface area is 94.0 Å². The van der Waals surface area contributed by atoms with Gasteiger partial charge in [-0.3, -0.25) is 0 Å². The molecule has 0 atom stereocenters. The lowest BCUT2D eigenvalue weighted by atomic mass is 10.2. The summed E-state index contributed by atoms with van der Waals surface area (Å²) in [5, 5.41) is 19.3. The summed E-state index contributed by atoms with van der Waals surface area (Å²) in [5.41, 5.74) is 1.33. The molecule has 5 heteroatoms. The highest BCUT2D eigenvalue weighted by atomic mass is 16.5. The second kappa shape index (κ2) is 5.46. The van der Waals surface area contributed by atoms with Gasteiger partial charge in [-0.05, 0) is 43.3 Å². The van der Waals surface area contributed by atoms with E-state index in [4.69, 9.17) is 5.21 Å². The molecule has 1 saturated heterocycles. The molecule has 0 saturated carbocycles. The summed E-state index contributed by atoms with van der Waals surface area (Å²) in [6, 6.07) is 7.19. The zero-order valence-corrected chi connectivity index (χ0v) is 9.13. The fourth-order valence-electron chi connectivity index (χ4n) is 1.66. The lowest BCUT2D eigenvalue weighted by Crippen LogP contribution is -2.21. The summed E-state index contributed by atoms with van der Waals surface area (Å²) in [7, 11) is 0. The molecule has 0 spiro atoms. The van der Waals surface area contributed by atoms with Gasteiger partial charge < -0.3 is 10.5 Å². The third-order valence-corrected chi connectivity index (χ3v) is 2.54. The Morgan fingerprint density at radius 2 is 1.88 bits per heavy atom. The Morgan fingerprint density at radius 3 is 2.44 bits per heavy atom. The zero-order valence-electron chi connectivity index (χ0n) is 9.13. The molecule has 5 nitrogen and oxygen atoms in total. The highest BCUT2D eigenvalue weighted by Gasteiger charge is 1.98. The van der Waals surface area contributed by atoms with Crippen LogP contribution in [0.3, 0.4) is 0 Å². The molecule has 2 aromatic rings. The normalized spacial score (nSPS) is 15.5. The molecule has 0 radical (unpaired) electrons. The Bertz CT molecular complexity index is 425. The molecule has 0 amide bonds. The molecular weight excluding hydrogens is 204 g/mol. The maximum absolute atomic E-state index is 8.95. The monoisotopic (exact) mass is 220 g/mol. The summed E-state index contributed by atoms with van der Waals surface area (Å²) in [5.74, 6) is 0. The van der Waals surface area contributed by atoms with Crippen LogP contribution in [0, 0.1) is 0 Å². The summed E-state index contributed by atoms with van der Waals surface area (Å²) >= 11 is 0. The van der Waals surface area contributed by atoms with Crippen molar-refractivity contribution in [3.8, 4) is 0 Å². The second-order valence-electron chi connectivity index (χ2n) is 3.78. The van der Waals surface area contributed by atoms with Crippen molar-refractivity contribution in [2.75, 3.05) is 13.1 Å². The van der Waals surface area contributed by atoms with Crippen molar-refractivity contribution in [1.29, 1.82) is 0 Å². The number of aromatic nitrogens is 3. The first kappa shape index (κ1) is 10.9. The summed E-state index contributed by atoms with van der Waals surface area (Å²) in [6.45, 7) is 2.50. The molecule has 2 heterocycles. The summed E-state index contributed by atoms with van der Waals surface area (Å²) in [6.07, 6.45) is 4.22. The van der Waals surface area contributed by atoms with Crippen molar-refractivity contribution in [2.45, 2.75) is 19.3 Å². The van der Waals surface area contributed by atoms with Crippen LogP contribution in [0.2, 0.25) is 0 Å².